The van der Waals surface area contributed by atoms with E-state index in [0.29, 0.717) is 12.8 Å². The lowest BCUT2D eigenvalue weighted by Crippen LogP contribution is -2.26. The lowest BCUT2D eigenvalue weighted by atomic mass is 10.0. The smallest absolute Gasteiger partial charge is 0.150 e. The molecule has 0 aliphatic carbocycles. The zero-order valence-electron chi connectivity index (χ0n) is 11.2. The molecule has 0 fully saturated rings. The molecule has 0 heterocycles. The Morgan fingerprint density at radius 2 is 2.00 bits per heavy atom. The van der Waals surface area contributed by atoms with Gasteiger partial charge in [-0.05, 0) is 31.7 Å². The highest BCUT2D eigenvalue weighted by Gasteiger charge is 2.12. The molecule has 0 aromatic heterocycles. The predicted octanol–water partition coefficient (Wildman–Crippen LogP) is 2.08. The van der Waals surface area contributed by atoms with Crippen LogP contribution in [0.5, 0.6) is 0 Å². The van der Waals surface area contributed by atoms with Crippen molar-refractivity contribution in [3.63, 3.8) is 0 Å². The lowest BCUT2D eigenvalue weighted by Gasteiger charge is -2.12. The molecule has 18 heavy (non-hydrogen) atoms. The molecule has 0 aliphatic heterocycles. The molecule has 0 saturated heterocycles. The first kappa shape index (κ1) is 15.2. The van der Waals surface area contributed by atoms with Crippen LogP contribution in [0.4, 0.5) is 0 Å². The van der Waals surface area contributed by atoms with Gasteiger partial charge < -0.3 is 5.73 Å². The third kappa shape index (κ3) is 5.65. The van der Waals surface area contributed by atoms with Gasteiger partial charge in [0.2, 0.25) is 0 Å². The minimum atomic E-state index is -2.91. The molecule has 0 saturated carbocycles. The summed E-state index contributed by atoms with van der Waals surface area (Å²) < 4.78 is 23.2. The SMILES string of the molecule is CCCS(=O)(=O)CCC(N)Cc1cccc(C)c1. The molecule has 0 bridgehead atoms. The molecule has 0 aliphatic rings. The second kappa shape index (κ2) is 6.90. The van der Waals surface area contributed by atoms with Crippen LogP contribution < -0.4 is 5.73 Å². The highest BCUT2D eigenvalue weighted by atomic mass is 32.2. The monoisotopic (exact) mass is 269 g/mol. The number of hydrogen-bond donors (Lipinski definition) is 1. The van der Waals surface area contributed by atoms with Gasteiger partial charge in [-0.3, -0.25) is 0 Å². The molecule has 0 amide bonds. The molecule has 0 radical (unpaired) electrons. The van der Waals surface area contributed by atoms with E-state index < -0.39 is 9.84 Å². The van der Waals surface area contributed by atoms with Crippen molar-refractivity contribution in [1.29, 1.82) is 0 Å². The fourth-order valence-electron chi connectivity index (χ4n) is 1.99. The van der Waals surface area contributed by atoms with Crippen molar-refractivity contribution in [2.24, 2.45) is 5.73 Å². The Bertz CT molecular complexity index is 468. The Hall–Kier alpha value is -0.870. The minimum Gasteiger partial charge on any atom is -0.327 e. The van der Waals surface area contributed by atoms with Crippen LogP contribution in [0.3, 0.4) is 0 Å². The maximum atomic E-state index is 11.6. The average Bonchev–Trinajstić information content (AvgIpc) is 2.26. The Balaban J connectivity index is 2.45. The quantitative estimate of drug-likeness (QED) is 0.824. The highest BCUT2D eigenvalue weighted by molar-refractivity contribution is 7.91. The summed E-state index contributed by atoms with van der Waals surface area (Å²) in [4.78, 5) is 0. The molecule has 102 valence electrons. The number of hydrogen-bond acceptors (Lipinski definition) is 3. The average molecular weight is 269 g/mol. The third-order valence-corrected chi connectivity index (χ3v) is 4.78. The molecule has 1 rings (SSSR count). The van der Waals surface area contributed by atoms with E-state index in [2.05, 4.69) is 6.07 Å². The molecule has 0 spiro atoms. The van der Waals surface area contributed by atoms with Gasteiger partial charge in [0, 0.05) is 11.8 Å². The predicted molar refractivity (Wildman–Crippen MR) is 76.4 cm³/mol. The number of benzene rings is 1. The largest absolute Gasteiger partial charge is 0.327 e. The van der Waals surface area contributed by atoms with E-state index in [9.17, 15) is 8.42 Å². The molecule has 3 nitrogen and oxygen atoms in total. The van der Waals surface area contributed by atoms with Gasteiger partial charge in [-0.15, -0.1) is 0 Å². The first-order valence-electron chi connectivity index (χ1n) is 6.44. The third-order valence-electron chi connectivity index (χ3n) is 2.90. The van der Waals surface area contributed by atoms with Gasteiger partial charge >= 0.3 is 0 Å². The molecule has 4 heteroatoms. The van der Waals surface area contributed by atoms with Gasteiger partial charge in [-0.2, -0.15) is 0 Å². The Labute approximate surface area is 110 Å². The lowest BCUT2D eigenvalue weighted by molar-refractivity contribution is 0.579. The summed E-state index contributed by atoms with van der Waals surface area (Å²) >= 11 is 0. The topological polar surface area (TPSA) is 60.2 Å². The zero-order valence-corrected chi connectivity index (χ0v) is 12.0. The standard InChI is InChI=1S/C14H23NO2S/c1-3-8-18(16,17)9-7-14(15)11-13-6-4-5-12(2)10-13/h4-6,10,14H,3,7-9,11,15H2,1-2H3. The van der Waals surface area contributed by atoms with Crippen LogP contribution in [0.1, 0.15) is 30.9 Å². The van der Waals surface area contributed by atoms with Crippen LogP contribution in [0.15, 0.2) is 24.3 Å². The van der Waals surface area contributed by atoms with Gasteiger partial charge in [0.15, 0.2) is 0 Å². The maximum absolute atomic E-state index is 11.6. The number of rotatable bonds is 7. The van der Waals surface area contributed by atoms with E-state index >= 15 is 0 Å². The summed E-state index contributed by atoms with van der Waals surface area (Å²) in [5.74, 6) is 0.470. The molecule has 1 unspecified atom stereocenters. The summed E-state index contributed by atoms with van der Waals surface area (Å²) in [6.07, 6.45) is 1.95. The normalized spacial score (nSPS) is 13.5. The van der Waals surface area contributed by atoms with Crippen LogP contribution in [0.2, 0.25) is 0 Å². The second-order valence-corrected chi connectivity index (χ2v) is 7.20. The molecule has 1 aromatic carbocycles. The van der Waals surface area contributed by atoms with Gasteiger partial charge in [0.1, 0.15) is 9.84 Å². The van der Waals surface area contributed by atoms with Crippen LogP contribution in [0.25, 0.3) is 0 Å². The summed E-state index contributed by atoms with van der Waals surface area (Å²) in [6.45, 7) is 3.92. The van der Waals surface area contributed by atoms with Crippen molar-refractivity contribution in [2.75, 3.05) is 11.5 Å². The molecule has 2 N–H and O–H groups in total. The molecule has 1 aromatic rings. The van der Waals surface area contributed by atoms with Crippen LogP contribution in [-0.2, 0) is 16.3 Å². The van der Waals surface area contributed by atoms with Crippen molar-refractivity contribution in [2.45, 2.75) is 39.2 Å². The van der Waals surface area contributed by atoms with E-state index in [-0.39, 0.29) is 17.5 Å². The van der Waals surface area contributed by atoms with Gasteiger partial charge in [0.25, 0.3) is 0 Å². The van der Waals surface area contributed by atoms with Gasteiger partial charge in [0.05, 0.1) is 5.75 Å². The fraction of sp³-hybridized carbons (Fsp3) is 0.571. The van der Waals surface area contributed by atoms with Crippen molar-refractivity contribution in [1.82, 2.24) is 0 Å². The number of aryl methyl sites for hydroxylation is 1. The highest BCUT2D eigenvalue weighted by Crippen LogP contribution is 2.08. The maximum Gasteiger partial charge on any atom is 0.150 e. The van der Waals surface area contributed by atoms with Crippen LogP contribution in [0, 0.1) is 6.92 Å². The second-order valence-electron chi connectivity index (χ2n) is 4.89. The summed E-state index contributed by atoms with van der Waals surface area (Å²) in [6, 6.07) is 8.10. The molecular formula is C14H23NO2S. The number of sulfone groups is 1. The minimum absolute atomic E-state index is 0.0848. The molecular weight excluding hydrogens is 246 g/mol. The first-order chi connectivity index (χ1) is 8.43. The van der Waals surface area contributed by atoms with Gasteiger partial charge in [-0.25, -0.2) is 8.42 Å². The first-order valence-corrected chi connectivity index (χ1v) is 8.26. The van der Waals surface area contributed by atoms with E-state index in [4.69, 9.17) is 5.73 Å². The van der Waals surface area contributed by atoms with Crippen LogP contribution in [-0.4, -0.2) is 26.0 Å². The zero-order chi connectivity index (χ0) is 13.6. The summed E-state index contributed by atoms with van der Waals surface area (Å²) in [5, 5.41) is 0. The van der Waals surface area contributed by atoms with Crippen molar-refractivity contribution in [3.05, 3.63) is 35.4 Å². The molecule has 1 atom stereocenters. The van der Waals surface area contributed by atoms with Gasteiger partial charge in [-0.1, -0.05) is 36.8 Å². The van der Waals surface area contributed by atoms with Crippen LogP contribution >= 0.6 is 0 Å². The van der Waals surface area contributed by atoms with E-state index in [1.807, 2.05) is 32.0 Å². The Morgan fingerprint density at radius 3 is 2.61 bits per heavy atom. The Morgan fingerprint density at radius 1 is 1.28 bits per heavy atom. The number of nitrogens with two attached hydrogens (primary N) is 1. The van der Waals surface area contributed by atoms with E-state index in [0.717, 1.165) is 6.42 Å². The van der Waals surface area contributed by atoms with Crippen molar-refractivity contribution < 1.29 is 8.42 Å². The Kier molecular flexibility index (Phi) is 5.82. The van der Waals surface area contributed by atoms with E-state index in [1.165, 1.54) is 11.1 Å². The van der Waals surface area contributed by atoms with Crippen molar-refractivity contribution in [3.8, 4) is 0 Å². The van der Waals surface area contributed by atoms with E-state index in [1.54, 1.807) is 0 Å². The fourth-order valence-corrected chi connectivity index (χ4v) is 3.48. The van der Waals surface area contributed by atoms with Crippen molar-refractivity contribution >= 4 is 9.84 Å². The summed E-state index contributed by atoms with van der Waals surface area (Å²) in [7, 11) is -2.91. The summed E-state index contributed by atoms with van der Waals surface area (Å²) in [5.41, 5.74) is 8.38.